The lowest BCUT2D eigenvalue weighted by Crippen LogP contribution is -2.42. The third-order valence-corrected chi connectivity index (χ3v) is 7.35. The quantitative estimate of drug-likeness (QED) is 0.188. The summed E-state index contributed by atoms with van der Waals surface area (Å²) in [5.41, 5.74) is 0.0977. The number of aromatic carboxylic acids is 1. The van der Waals surface area contributed by atoms with Gasteiger partial charge in [-0.3, -0.25) is 9.32 Å². The van der Waals surface area contributed by atoms with Gasteiger partial charge in [0.2, 0.25) is 0 Å². The maximum Gasteiger partial charge on any atom is 0.459 e. The second kappa shape index (κ2) is 12.1. The number of carboxylic acid groups (broad SMARTS) is 1. The molecule has 0 radical (unpaired) electrons. The molecule has 0 aliphatic carbocycles. The van der Waals surface area contributed by atoms with Crippen LogP contribution < -0.4 is 14.2 Å². The van der Waals surface area contributed by atoms with Gasteiger partial charge in [0.15, 0.2) is 12.4 Å². The Hall–Kier alpha value is -3.30. The number of nitrogens with zero attached hydrogens (tertiary/aromatic N) is 1. The number of pyridine rings is 1. The highest BCUT2D eigenvalue weighted by atomic mass is 31.2. The van der Waals surface area contributed by atoms with Gasteiger partial charge < -0.3 is 19.1 Å². The van der Waals surface area contributed by atoms with Gasteiger partial charge in [-0.2, -0.15) is 9.65 Å². The lowest BCUT2D eigenvalue weighted by Gasteiger charge is -2.24. The van der Waals surface area contributed by atoms with Gasteiger partial charge in [0, 0.05) is 12.0 Å². The zero-order chi connectivity index (χ0) is 26.3. The number of aromatic nitrogens is 1. The molecule has 1 saturated heterocycles. The molecular weight excluding hydrogens is 487 g/mol. The zero-order valence-electron chi connectivity index (χ0n) is 20.1. The van der Waals surface area contributed by atoms with E-state index in [0.717, 1.165) is 0 Å². The van der Waals surface area contributed by atoms with Crippen molar-refractivity contribution in [3.63, 3.8) is 0 Å². The number of methoxy groups -OCH3 is 1. The fraction of sp³-hybridized carbons (Fsp3) is 0.320. The fourth-order valence-corrected chi connectivity index (χ4v) is 5.43. The van der Waals surface area contributed by atoms with E-state index in [1.54, 1.807) is 59.3 Å². The van der Waals surface area contributed by atoms with Gasteiger partial charge in [-0.05, 0) is 25.1 Å². The molecule has 1 aliphatic heterocycles. The highest BCUT2D eigenvalue weighted by molar-refractivity contribution is 7.52. The van der Waals surface area contributed by atoms with Gasteiger partial charge in [-0.25, -0.2) is 9.36 Å². The van der Waals surface area contributed by atoms with Crippen LogP contribution in [0.15, 0.2) is 80.2 Å². The number of nitrogens with one attached hydrogen (secondary N) is 1. The Morgan fingerprint density at radius 2 is 1.89 bits per heavy atom. The standard InChI is InChI=1S/C25H29N2O8P/c1-5-20-21(6-2)23(27-14-10-11-18(15-27)24(28)29)34-22(20)16-33-36(31,26-17(3)25(30)32-4)35-19-12-8-7-9-13-19/h5-15,17,20-23H,1-2,16H2,3-4H3,(H-,26,28,29,31)/p+1/t17-,20-,21+,22+,23+,36?/m0/s1. The predicted molar refractivity (Wildman–Crippen MR) is 130 cm³/mol. The first-order valence-electron chi connectivity index (χ1n) is 11.2. The van der Waals surface area contributed by atoms with Crippen molar-refractivity contribution < 1.29 is 42.3 Å². The van der Waals surface area contributed by atoms with Crippen LogP contribution in [0.3, 0.4) is 0 Å². The summed E-state index contributed by atoms with van der Waals surface area (Å²) in [6.45, 7) is 9.09. The van der Waals surface area contributed by atoms with Crippen LogP contribution in [0.25, 0.3) is 0 Å². The molecule has 0 bridgehead atoms. The van der Waals surface area contributed by atoms with Crippen LogP contribution in [-0.4, -0.2) is 42.9 Å². The Bertz CT molecular complexity index is 1140. The van der Waals surface area contributed by atoms with E-state index < -0.39 is 38.1 Å². The molecule has 1 unspecified atom stereocenters. The van der Waals surface area contributed by atoms with Crippen molar-refractivity contribution in [3.8, 4) is 5.75 Å². The summed E-state index contributed by atoms with van der Waals surface area (Å²) in [7, 11) is -2.85. The third-order valence-electron chi connectivity index (χ3n) is 5.71. The molecule has 192 valence electrons. The molecule has 1 aromatic heterocycles. The van der Waals surface area contributed by atoms with Crippen molar-refractivity contribution in [2.75, 3.05) is 13.7 Å². The van der Waals surface area contributed by atoms with Crippen LogP contribution in [0.5, 0.6) is 5.75 Å². The second-order valence-electron chi connectivity index (χ2n) is 8.11. The van der Waals surface area contributed by atoms with Crippen LogP contribution in [0.1, 0.15) is 23.5 Å². The highest BCUT2D eigenvalue weighted by Gasteiger charge is 2.48. The van der Waals surface area contributed by atoms with E-state index in [1.807, 2.05) is 0 Å². The summed E-state index contributed by atoms with van der Waals surface area (Å²) in [6.07, 6.45) is 5.33. The number of carbonyl (C=O) groups is 2. The SMILES string of the molecule is C=C[C@@H]1[C@H](C=C)[C@@H](COP(=O)(N[C@@H](C)C(=O)OC)Oc2ccccc2)O[C@H]1[n+]1cccc(C(=O)O)c1. The van der Waals surface area contributed by atoms with E-state index in [9.17, 15) is 19.3 Å². The van der Waals surface area contributed by atoms with Crippen molar-refractivity contribution >= 4 is 19.7 Å². The van der Waals surface area contributed by atoms with Gasteiger partial charge >= 0.3 is 19.7 Å². The smallest absolute Gasteiger partial charge is 0.459 e. The maximum absolute atomic E-state index is 13.7. The molecule has 3 rings (SSSR count). The van der Waals surface area contributed by atoms with Gasteiger partial charge in [0.1, 0.15) is 17.4 Å². The van der Waals surface area contributed by atoms with Crippen LogP contribution in [-0.2, 0) is 23.4 Å². The minimum atomic E-state index is -4.07. The summed E-state index contributed by atoms with van der Waals surface area (Å²) in [6, 6.07) is 10.5. The van der Waals surface area contributed by atoms with E-state index in [2.05, 4.69) is 18.2 Å². The van der Waals surface area contributed by atoms with Crippen LogP contribution >= 0.6 is 7.75 Å². The second-order valence-corrected chi connectivity index (χ2v) is 9.80. The van der Waals surface area contributed by atoms with Crippen LogP contribution in [0.2, 0.25) is 0 Å². The van der Waals surface area contributed by atoms with Crippen molar-refractivity contribution in [3.05, 3.63) is 85.7 Å². The van der Waals surface area contributed by atoms with Gasteiger partial charge in [0.25, 0.3) is 6.23 Å². The average molecular weight is 517 g/mol. The minimum Gasteiger partial charge on any atom is -0.477 e. The molecule has 6 atom stereocenters. The normalized spacial score (nSPS) is 23.7. The van der Waals surface area contributed by atoms with Crippen molar-refractivity contribution in [2.24, 2.45) is 11.8 Å². The molecule has 0 amide bonds. The van der Waals surface area contributed by atoms with Gasteiger partial charge in [0.05, 0.1) is 25.7 Å². The molecule has 0 spiro atoms. The molecule has 10 nitrogen and oxygen atoms in total. The molecule has 0 saturated carbocycles. The lowest BCUT2D eigenvalue weighted by atomic mass is 9.89. The van der Waals surface area contributed by atoms with Crippen LogP contribution in [0.4, 0.5) is 0 Å². The number of hydrogen-bond acceptors (Lipinski definition) is 7. The predicted octanol–water partition coefficient (Wildman–Crippen LogP) is 3.53. The Morgan fingerprint density at radius 1 is 1.19 bits per heavy atom. The first-order chi connectivity index (χ1) is 17.2. The number of ether oxygens (including phenoxy) is 2. The maximum atomic E-state index is 13.7. The topological polar surface area (TPSA) is 124 Å². The summed E-state index contributed by atoms with van der Waals surface area (Å²) in [4.78, 5) is 23.4. The number of carbonyl (C=O) groups excluding carboxylic acids is 1. The first kappa shape index (κ1) is 27.3. The molecular formula is C25H30N2O8P+. The number of para-hydroxylation sites is 1. The molecule has 1 aromatic carbocycles. The number of hydrogen-bond donors (Lipinski definition) is 2. The van der Waals surface area contributed by atoms with E-state index >= 15 is 0 Å². The molecule has 1 fully saturated rings. The van der Waals surface area contributed by atoms with E-state index in [4.69, 9.17) is 18.5 Å². The summed E-state index contributed by atoms with van der Waals surface area (Å²) in [5, 5.41) is 12.0. The molecule has 11 heteroatoms. The van der Waals surface area contributed by atoms with Crippen molar-refractivity contribution in [2.45, 2.75) is 25.3 Å². The van der Waals surface area contributed by atoms with E-state index in [1.165, 1.54) is 26.3 Å². The Balaban J connectivity index is 1.83. The molecule has 2 N–H and O–H groups in total. The summed E-state index contributed by atoms with van der Waals surface area (Å²) < 4.78 is 37.6. The number of benzene rings is 1. The van der Waals surface area contributed by atoms with Crippen molar-refractivity contribution in [1.29, 1.82) is 0 Å². The average Bonchev–Trinajstić information content (AvgIpc) is 3.25. The monoisotopic (exact) mass is 517 g/mol. The number of rotatable bonds is 12. The Labute approximate surface area is 209 Å². The Morgan fingerprint density at radius 3 is 2.50 bits per heavy atom. The number of carboxylic acids is 1. The van der Waals surface area contributed by atoms with Crippen LogP contribution in [0, 0.1) is 11.8 Å². The highest BCUT2D eigenvalue weighted by Crippen LogP contribution is 2.47. The third kappa shape index (κ3) is 6.47. The summed E-state index contributed by atoms with van der Waals surface area (Å²) in [5.74, 6) is -2.00. The largest absolute Gasteiger partial charge is 0.477 e. The van der Waals surface area contributed by atoms with Gasteiger partial charge in [-0.1, -0.05) is 30.4 Å². The molecule has 1 aliphatic rings. The van der Waals surface area contributed by atoms with E-state index in [-0.39, 0.29) is 29.8 Å². The zero-order valence-corrected chi connectivity index (χ0v) is 21.0. The number of esters is 1. The molecule has 36 heavy (non-hydrogen) atoms. The molecule has 2 aromatic rings. The summed E-state index contributed by atoms with van der Waals surface area (Å²) >= 11 is 0. The Kier molecular flexibility index (Phi) is 9.17. The fourth-order valence-electron chi connectivity index (χ4n) is 3.93. The molecule has 2 heterocycles. The minimum absolute atomic E-state index is 0.0977. The lowest BCUT2D eigenvalue weighted by molar-refractivity contribution is -0.764. The van der Waals surface area contributed by atoms with Gasteiger partial charge in [-0.15, -0.1) is 13.2 Å². The van der Waals surface area contributed by atoms with Crippen molar-refractivity contribution in [1.82, 2.24) is 5.09 Å². The van der Waals surface area contributed by atoms with E-state index in [0.29, 0.717) is 0 Å². The first-order valence-corrected chi connectivity index (χ1v) is 12.7.